The van der Waals surface area contributed by atoms with E-state index in [1.54, 1.807) is 0 Å². The molecule has 10 nitrogen and oxygen atoms in total. The molecule has 2 heterocycles. The molecule has 0 radical (unpaired) electrons. The van der Waals surface area contributed by atoms with Crippen molar-refractivity contribution in [3.05, 3.63) is 80.6 Å². The number of benzene rings is 2. The SMILES string of the molecule is CNc1cc2[nH]c(=O)n(-c3ccc(NC(=O)N(Cl)S(=O)(=O)c4cccs4)cc3)c(=O)c2cc1F.[KH]. The zero-order chi connectivity index (χ0) is 24.6. The molecule has 0 unspecified atom stereocenters. The van der Waals surface area contributed by atoms with Crippen molar-refractivity contribution in [3.63, 3.8) is 0 Å². The van der Waals surface area contributed by atoms with Crippen molar-refractivity contribution in [3.8, 4) is 5.69 Å². The summed E-state index contributed by atoms with van der Waals surface area (Å²) in [5.41, 5.74) is -0.929. The number of hydrogen-bond acceptors (Lipinski definition) is 7. The van der Waals surface area contributed by atoms with Crippen LogP contribution in [-0.4, -0.2) is 86.3 Å². The van der Waals surface area contributed by atoms with Crippen LogP contribution in [0.5, 0.6) is 0 Å². The standard InChI is InChI=1S/C20H15ClFN5O5S2.K.H/c1-23-16-10-15-13(9-14(16)22)18(28)26(19(29)25-15)12-6-4-11(5-7-12)24-20(30)27(21)34(31,32)17-3-2-8-33-17;;/h2-10,23H,1H3,(H,24,30)(H,25,29);;. The van der Waals surface area contributed by atoms with Crippen molar-refractivity contribution in [2.45, 2.75) is 4.21 Å². The molecule has 35 heavy (non-hydrogen) atoms. The number of hydrogen-bond donors (Lipinski definition) is 3. The number of aromatic amines is 1. The molecule has 4 rings (SSSR count). The quantitative estimate of drug-likeness (QED) is 0.252. The third kappa shape index (κ3) is 5.39. The van der Waals surface area contributed by atoms with Crippen LogP contribution in [-0.2, 0) is 10.0 Å². The van der Waals surface area contributed by atoms with Gasteiger partial charge in [0.05, 0.1) is 22.3 Å². The zero-order valence-corrected chi connectivity index (χ0v) is 19.6. The number of anilines is 2. The fourth-order valence-corrected chi connectivity index (χ4v) is 5.51. The van der Waals surface area contributed by atoms with Crippen LogP contribution in [0.4, 0.5) is 20.6 Å². The number of carbonyl (C=O) groups excluding carboxylic acids is 1. The number of carbonyl (C=O) groups is 1. The summed E-state index contributed by atoms with van der Waals surface area (Å²) in [5.74, 6) is -0.660. The molecule has 0 aliphatic rings. The molecule has 2 aromatic heterocycles. The van der Waals surface area contributed by atoms with Gasteiger partial charge in [-0.3, -0.25) is 4.79 Å². The van der Waals surface area contributed by atoms with E-state index in [1.165, 1.54) is 54.9 Å². The van der Waals surface area contributed by atoms with Gasteiger partial charge in [-0.1, -0.05) is 6.07 Å². The van der Waals surface area contributed by atoms with Gasteiger partial charge >= 0.3 is 63.1 Å². The van der Waals surface area contributed by atoms with E-state index in [-0.39, 0.29) is 87.4 Å². The summed E-state index contributed by atoms with van der Waals surface area (Å²) in [4.78, 5) is 40.3. The van der Waals surface area contributed by atoms with Crippen molar-refractivity contribution in [2.75, 3.05) is 17.7 Å². The predicted octanol–water partition coefficient (Wildman–Crippen LogP) is 2.65. The van der Waals surface area contributed by atoms with Gasteiger partial charge in [-0.05, 0) is 47.8 Å². The maximum absolute atomic E-state index is 14.1. The summed E-state index contributed by atoms with van der Waals surface area (Å²) in [6.45, 7) is 0. The number of amides is 2. The third-order valence-corrected chi connectivity index (χ3v) is 8.26. The van der Waals surface area contributed by atoms with E-state index in [0.29, 0.717) is 0 Å². The molecule has 15 heteroatoms. The van der Waals surface area contributed by atoms with Crippen molar-refractivity contribution in [1.29, 1.82) is 0 Å². The Morgan fingerprint density at radius 3 is 2.46 bits per heavy atom. The van der Waals surface area contributed by atoms with Gasteiger partial charge in [0, 0.05) is 24.5 Å². The summed E-state index contributed by atoms with van der Waals surface area (Å²) in [6.07, 6.45) is 0. The van der Waals surface area contributed by atoms with Gasteiger partial charge in [0.2, 0.25) is 0 Å². The van der Waals surface area contributed by atoms with Gasteiger partial charge in [-0.25, -0.2) is 18.5 Å². The first-order chi connectivity index (χ1) is 16.1. The second-order valence-corrected chi connectivity index (χ2v) is 10.3. The summed E-state index contributed by atoms with van der Waals surface area (Å²) < 4.78 is 39.6. The Hall–Kier alpha value is -2.04. The van der Waals surface area contributed by atoms with E-state index in [2.05, 4.69) is 15.6 Å². The van der Waals surface area contributed by atoms with Crippen LogP contribution in [0, 0.1) is 5.82 Å². The number of nitrogens with one attached hydrogen (secondary N) is 3. The summed E-state index contributed by atoms with van der Waals surface area (Å²) in [7, 11) is -2.72. The van der Waals surface area contributed by atoms with E-state index in [9.17, 15) is 27.2 Å². The van der Waals surface area contributed by atoms with E-state index in [4.69, 9.17) is 11.8 Å². The first-order valence-electron chi connectivity index (χ1n) is 9.46. The van der Waals surface area contributed by atoms with Crippen molar-refractivity contribution in [2.24, 2.45) is 0 Å². The van der Waals surface area contributed by atoms with Crippen molar-refractivity contribution in [1.82, 2.24) is 13.4 Å². The Labute approximate surface area is 249 Å². The molecule has 0 aliphatic heterocycles. The van der Waals surface area contributed by atoms with Crippen LogP contribution in [0.25, 0.3) is 16.6 Å². The van der Waals surface area contributed by atoms with Crippen LogP contribution in [0.2, 0.25) is 0 Å². The molecule has 0 fully saturated rings. The molecule has 3 N–H and O–H groups in total. The number of nitrogens with zero attached hydrogens (tertiary/aromatic N) is 2. The Morgan fingerprint density at radius 1 is 1.17 bits per heavy atom. The van der Waals surface area contributed by atoms with Crippen LogP contribution in [0.3, 0.4) is 0 Å². The van der Waals surface area contributed by atoms with E-state index in [0.717, 1.165) is 22.0 Å². The average molecular weight is 564 g/mol. The van der Waals surface area contributed by atoms with Crippen LogP contribution in [0.15, 0.2) is 67.7 Å². The van der Waals surface area contributed by atoms with E-state index < -0.39 is 33.1 Å². The monoisotopic (exact) mass is 563 g/mol. The molecule has 0 saturated carbocycles. The number of halogens is 2. The second kappa shape index (κ2) is 10.9. The molecule has 2 aromatic carbocycles. The van der Waals surface area contributed by atoms with Gasteiger partial charge in [0.25, 0.3) is 15.6 Å². The molecule has 0 atom stereocenters. The van der Waals surface area contributed by atoms with Crippen LogP contribution >= 0.6 is 23.1 Å². The second-order valence-electron chi connectivity index (χ2n) is 6.83. The minimum atomic E-state index is -4.23. The molecule has 2 amide bonds. The van der Waals surface area contributed by atoms with Crippen molar-refractivity contribution < 1.29 is 17.6 Å². The van der Waals surface area contributed by atoms with Crippen LogP contribution < -0.4 is 21.9 Å². The average Bonchev–Trinajstić information content (AvgIpc) is 3.36. The Morgan fingerprint density at radius 2 is 1.86 bits per heavy atom. The van der Waals surface area contributed by atoms with Crippen molar-refractivity contribution >= 4 is 113 Å². The van der Waals surface area contributed by atoms with Gasteiger partial charge in [0.1, 0.15) is 10.0 Å². The molecule has 0 spiro atoms. The Bertz CT molecular complexity index is 1620. The van der Waals surface area contributed by atoms with Gasteiger partial charge in [0.15, 0.2) is 0 Å². The Balaban J connectivity index is 0.00000342. The molecule has 4 aromatic rings. The number of rotatable bonds is 5. The molecule has 0 aliphatic carbocycles. The number of thiophene rings is 1. The number of H-pyrrole nitrogens is 1. The molecule has 178 valence electrons. The molecular weight excluding hydrogens is 548 g/mol. The number of fused-ring (bicyclic) bond motifs is 1. The normalized spacial score (nSPS) is 11.1. The summed E-state index contributed by atoms with van der Waals surface area (Å²) >= 11 is 6.64. The fraction of sp³-hybridized carbons (Fsp3) is 0.0500. The van der Waals surface area contributed by atoms with Gasteiger partial charge in [-0.15, -0.1) is 15.2 Å². The van der Waals surface area contributed by atoms with Gasteiger partial charge in [-0.2, -0.15) is 8.42 Å². The number of aromatic nitrogens is 2. The molecular formula is C20H16ClFKN5O5S2. The topological polar surface area (TPSA) is 133 Å². The fourth-order valence-electron chi connectivity index (χ4n) is 3.12. The minimum absolute atomic E-state index is 0. The maximum atomic E-state index is 14.1. The molecule has 0 saturated heterocycles. The number of urea groups is 1. The Kier molecular flexibility index (Phi) is 8.59. The molecule has 0 bridgehead atoms. The predicted molar refractivity (Wildman–Crippen MR) is 135 cm³/mol. The van der Waals surface area contributed by atoms with Gasteiger partial charge < -0.3 is 15.6 Å². The summed E-state index contributed by atoms with van der Waals surface area (Å²) in [5, 5.41) is 6.44. The first kappa shape index (κ1) is 27.5. The van der Waals surface area contributed by atoms with E-state index in [1.807, 2.05) is 0 Å². The van der Waals surface area contributed by atoms with E-state index >= 15 is 0 Å². The van der Waals surface area contributed by atoms with Crippen LogP contribution in [0.1, 0.15) is 0 Å². The summed E-state index contributed by atoms with van der Waals surface area (Å²) in [6, 6.07) is 9.41. The zero-order valence-electron chi connectivity index (χ0n) is 17.2. The number of sulfonamides is 1. The third-order valence-electron chi connectivity index (χ3n) is 4.75. The first-order valence-corrected chi connectivity index (χ1v) is 12.1.